The molecule has 0 heterocycles. The lowest BCUT2D eigenvalue weighted by atomic mass is 9.92. The molecule has 0 radical (unpaired) electrons. The van der Waals surface area contributed by atoms with E-state index in [2.05, 4.69) is 12.2 Å². The van der Waals surface area contributed by atoms with Crippen LogP contribution in [0.1, 0.15) is 46.5 Å². The fourth-order valence-electron chi connectivity index (χ4n) is 1.31. The summed E-state index contributed by atoms with van der Waals surface area (Å²) < 4.78 is -0.947. The molecule has 90 valence electrons. The van der Waals surface area contributed by atoms with Gasteiger partial charge in [-0.1, -0.05) is 49.4 Å². The van der Waals surface area contributed by atoms with Gasteiger partial charge in [-0.05, 0) is 20.3 Å². The third-order valence-corrected chi connectivity index (χ3v) is 5.15. The van der Waals surface area contributed by atoms with Crippen LogP contribution < -0.4 is 5.23 Å². The smallest absolute Gasteiger partial charge is 0.182 e. The zero-order valence-corrected chi connectivity index (χ0v) is 12.3. The third-order valence-electron chi connectivity index (χ3n) is 2.91. The van der Waals surface area contributed by atoms with E-state index in [4.69, 9.17) is 34.8 Å². The van der Waals surface area contributed by atoms with Crippen LogP contribution in [0.4, 0.5) is 0 Å². The summed E-state index contributed by atoms with van der Waals surface area (Å²) >= 11 is 18.9. The third kappa shape index (κ3) is 4.34. The second-order valence-electron chi connectivity index (χ2n) is 4.46. The number of hydrogen-bond donors (Lipinski definition) is 1. The first kappa shape index (κ1) is 15.9. The maximum atomic E-state index is 6.33. The summed E-state index contributed by atoms with van der Waals surface area (Å²) in [6.07, 6.45) is 4.28. The van der Waals surface area contributed by atoms with Gasteiger partial charge in [-0.2, -0.15) is 0 Å². The molecule has 0 spiro atoms. The van der Waals surface area contributed by atoms with Crippen LogP contribution in [0, 0.1) is 0 Å². The van der Waals surface area contributed by atoms with Gasteiger partial charge >= 0.3 is 0 Å². The molecule has 0 rings (SSSR count). The topological polar surface area (TPSA) is 12.0 Å². The maximum absolute atomic E-state index is 6.33. The molecular weight excluding hydrogens is 251 g/mol. The van der Waals surface area contributed by atoms with E-state index in [1.807, 2.05) is 21.8 Å². The van der Waals surface area contributed by atoms with Crippen LogP contribution in [-0.4, -0.2) is 23.2 Å². The van der Waals surface area contributed by atoms with Crippen molar-refractivity contribution in [3.8, 4) is 0 Å². The molecule has 0 aliphatic carbocycles. The molecule has 0 aliphatic rings. The highest BCUT2D eigenvalue weighted by molar-refractivity contribution is 6.53. The van der Waals surface area contributed by atoms with Crippen molar-refractivity contribution in [2.45, 2.75) is 61.7 Å². The van der Waals surface area contributed by atoms with E-state index < -0.39 is 9.87 Å². The zero-order chi connectivity index (χ0) is 12.1. The molecule has 1 unspecified atom stereocenters. The van der Waals surface area contributed by atoms with E-state index in [9.17, 15) is 0 Å². The van der Waals surface area contributed by atoms with Gasteiger partial charge in [0.05, 0.1) is 5.38 Å². The van der Waals surface area contributed by atoms with E-state index in [0.717, 1.165) is 12.8 Å². The molecule has 0 aromatic heterocycles. The SMILES string of the molecule is BNC(C)(C)C(Cl)(Cl)C(Cl)CCCCC. The van der Waals surface area contributed by atoms with E-state index in [-0.39, 0.29) is 5.38 Å². The average Bonchev–Trinajstić information content (AvgIpc) is 2.17. The Kier molecular flexibility index (Phi) is 6.98. The van der Waals surface area contributed by atoms with Gasteiger partial charge in [0, 0.05) is 5.54 Å². The van der Waals surface area contributed by atoms with Crippen LogP contribution >= 0.6 is 34.8 Å². The Bertz CT molecular complexity index is 186. The Labute approximate surface area is 110 Å². The second kappa shape index (κ2) is 6.59. The number of rotatable bonds is 7. The summed E-state index contributed by atoms with van der Waals surface area (Å²) in [7, 11) is 1.84. The van der Waals surface area contributed by atoms with E-state index in [1.165, 1.54) is 12.8 Å². The van der Waals surface area contributed by atoms with E-state index in [0.29, 0.717) is 0 Å². The fourth-order valence-corrected chi connectivity index (χ4v) is 2.15. The molecule has 0 aliphatic heterocycles. The zero-order valence-electron chi connectivity index (χ0n) is 10.0. The van der Waals surface area contributed by atoms with Crippen molar-refractivity contribution in [3.63, 3.8) is 0 Å². The minimum Gasteiger partial charge on any atom is -0.355 e. The number of nitrogens with one attached hydrogen (secondary N) is 1. The summed E-state index contributed by atoms with van der Waals surface area (Å²) in [6, 6.07) is 0. The molecule has 0 saturated heterocycles. The van der Waals surface area contributed by atoms with Crippen molar-refractivity contribution in [2.24, 2.45) is 0 Å². The molecule has 1 N–H and O–H groups in total. The first-order valence-corrected chi connectivity index (χ1v) is 6.69. The van der Waals surface area contributed by atoms with E-state index in [1.54, 1.807) is 0 Å². The van der Waals surface area contributed by atoms with Gasteiger partial charge in [0.1, 0.15) is 0 Å². The predicted molar refractivity (Wildman–Crippen MR) is 74.0 cm³/mol. The van der Waals surface area contributed by atoms with Crippen LogP contribution in [0.25, 0.3) is 0 Å². The van der Waals surface area contributed by atoms with Gasteiger partial charge in [0.15, 0.2) is 12.3 Å². The van der Waals surface area contributed by atoms with Crippen LogP contribution in [0.5, 0.6) is 0 Å². The molecular formula is C10H21BCl3N. The van der Waals surface area contributed by atoms with Crippen molar-refractivity contribution < 1.29 is 0 Å². The standard InChI is InChI=1S/C10H21BCl3N/c1-4-5-6-7-8(12)10(13,14)9(2,3)15-11/h8,15H,4-7,11H2,1-3H3. The molecule has 15 heavy (non-hydrogen) atoms. The summed E-state index contributed by atoms with van der Waals surface area (Å²) in [5.41, 5.74) is -0.394. The number of alkyl halides is 3. The maximum Gasteiger partial charge on any atom is 0.182 e. The minimum absolute atomic E-state index is 0.227. The van der Waals surface area contributed by atoms with Crippen LogP contribution in [0.3, 0.4) is 0 Å². The lowest BCUT2D eigenvalue weighted by Gasteiger charge is -2.40. The van der Waals surface area contributed by atoms with Gasteiger partial charge in [0.2, 0.25) is 0 Å². The molecule has 0 aromatic rings. The first-order valence-electron chi connectivity index (χ1n) is 5.50. The van der Waals surface area contributed by atoms with Crippen molar-refractivity contribution in [3.05, 3.63) is 0 Å². The number of unbranched alkanes of at least 4 members (excludes halogenated alkanes) is 2. The molecule has 0 bridgehead atoms. The summed E-state index contributed by atoms with van der Waals surface area (Å²) in [4.78, 5) is 0. The summed E-state index contributed by atoms with van der Waals surface area (Å²) in [6.45, 7) is 6.08. The normalized spacial score (nSPS) is 15.3. The highest BCUT2D eigenvalue weighted by atomic mass is 35.5. The first-order chi connectivity index (χ1) is 6.79. The molecule has 0 saturated carbocycles. The van der Waals surface area contributed by atoms with Crippen molar-refractivity contribution in [2.75, 3.05) is 0 Å². The molecule has 1 atom stereocenters. The quantitative estimate of drug-likeness (QED) is 0.426. The van der Waals surface area contributed by atoms with Gasteiger partial charge in [0.25, 0.3) is 0 Å². The van der Waals surface area contributed by atoms with E-state index >= 15 is 0 Å². The molecule has 5 heteroatoms. The number of hydrogen-bond acceptors (Lipinski definition) is 1. The van der Waals surface area contributed by atoms with Crippen LogP contribution in [-0.2, 0) is 0 Å². The Morgan fingerprint density at radius 2 is 1.80 bits per heavy atom. The lowest BCUT2D eigenvalue weighted by Crippen LogP contribution is -2.56. The monoisotopic (exact) mass is 271 g/mol. The van der Waals surface area contributed by atoms with Crippen molar-refractivity contribution >= 4 is 42.8 Å². The predicted octanol–water partition coefficient (Wildman–Crippen LogP) is 3.26. The van der Waals surface area contributed by atoms with Gasteiger partial charge in [-0.25, -0.2) is 0 Å². The van der Waals surface area contributed by atoms with Crippen molar-refractivity contribution in [1.82, 2.24) is 5.23 Å². The highest BCUT2D eigenvalue weighted by Gasteiger charge is 2.46. The Balaban J connectivity index is 4.31. The van der Waals surface area contributed by atoms with Crippen molar-refractivity contribution in [1.29, 1.82) is 0 Å². The Morgan fingerprint density at radius 3 is 2.20 bits per heavy atom. The Hall–Kier alpha value is 0.895. The van der Waals surface area contributed by atoms with Gasteiger partial charge < -0.3 is 5.23 Å². The van der Waals surface area contributed by atoms with Crippen LogP contribution in [0.15, 0.2) is 0 Å². The van der Waals surface area contributed by atoms with Gasteiger partial charge in [-0.3, -0.25) is 0 Å². The molecule has 0 fully saturated rings. The average molecular weight is 272 g/mol. The van der Waals surface area contributed by atoms with Gasteiger partial charge in [-0.15, -0.1) is 11.6 Å². The molecule has 1 nitrogen and oxygen atoms in total. The largest absolute Gasteiger partial charge is 0.355 e. The molecule has 0 amide bonds. The lowest BCUT2D eigenvalue weighted by molar-refractivity contribution is 0.389. The minimum atomic E-state index is -0.947. The summed E-state index contributed by atoms with van der Waals surface area (Å²) in [5, 5.41) is 2.88. The fraction of sp³-hybridized carbons (Fsp3) is 1.00. The highest BCUT2D eigenvalue weighted by Crippen LogP contribution is 2.41. The number of halogens is 3. The summed E-state index contributed by atoms with van der Waals surface area (Å²) in [5.74, 6) is 0. The molecule has 0 aromatic carbocycles. The van der Waals surface area contributed by atoms with Crippen LogP contribution in [0.2, 0.25) is 0 Å². The Morgan fingerprint density at radius 1 is 1.27 bits per heavy atom. The second-order valence-corrected chi connectivity index (χ2v) is 6.37.